The molecule has 2 amide bonds. The Morgan fingerprint density at radius 3 is 2.89 bits per heavy atom. The maximum atomic E-state index is 11.6. The van der Waals surface area contributed by atoms with Gasteiger partial charge in [0.25, 0.3) is 0 Å². The first kappa shape index (κ1) is 14.2. The summed E-state index contributed by atoms with van der Waals surface area (Å²) in [4.78, 5) is 24.4. The average Bonchev–Trinajstić information content (AvgIpc) is 2.80. The normalized spacial score (nSPS) is 10.1. The molecule has 100 valence electrons. The van der Waals surface area contributed by atoms with Gasteiger partial charge in [-0.15, -0.1) is 0 Å². The third-order valence-corrected chi connectivity index (χ3v) is 2.26. The van der Waals surface area contributed by atoms with Gasteiger partial charge in [-0.2, -0.15) is 0 Å². The van der Waals surface area contributed by atoms with E-state index in [-0.39, 0.29) is 18.4 Å². The molecule has 0 aliphatic carbocycles. The number of nitrogens with one attached hydrogen (secondary N) is 1. The lowest BCUT2D eigenvalue weighted by molar-refractivity contribution is -0.132. The highest BCUT2D eigenvalue weighted by molar-refractivity contribution is 5.93. The summed E-state index contributed by atoms with van der Waals surface area (Å²) in [5.41, 5.74) is 0. The lowest BCUT2D eigenvalue weighted by Crippen LogP contribution is -2.37. The number of rotatable bonds is 7. The van der Waals surface area contributed by atoms with Crippen molar-refractivity contribution in [2.75, 3.05) is 32.1 Å². The molecule has 0 aromatic carbocycles. The number of anilines is 1. The molecule has 0 atom stereocenters. The van der Waals surface area contributed by atoms with Gasteiger partial charge in [-0.3, -0.25) is 9.59 Å². The van der Waals surface area contributed by atoms with E-state index in [1.807, 2.05) is 0 Å². The van der Waals surface area contributed by atoms with Crippen LogP contribution in [0, 0.1) is 0 Å². The molecule has 1 aromatic rings. The highest BCUT2D eigenvalue weighted by atomic mass is 16.5. The van der Waals surface area contributed by atoms with Gasteiger partial charge < -0.3 is 19.5 Å². The van der Waals surface area contributed by atoms with Crippen LogP contribution in [0.4, 0.5) is 5.82 Å². The number of aromatic nitrogens is 1. The average molecular weight is 255 g/mol. The van der Waals surface area contributed by atoms with Crippen LogP contribution in [0.1, 0.15) is 13.3 Å². The Balaban J connectivity index is 2.40. The van der Waals surface area contributed by atoms with Crippen molar-refractivity contribution < 1.29 is 18.8 Å². The van der Waals surface area contributed by atoms with Crippen molar-refractivity contribution in [3.8, 4) is 0 Å². The van der Waals surface area contributed by atoms with E-state index >= 15 is 0 Å². The minimum Gasteiger partial charge on any atom is -0.385 e. The van der Waals surface area contributed by atoms with E-state index in [1.165, 1.54) is 24.2 Å². The number of carbonyl (C=O) groups is 2. The van der Waals surface area contributed by atoms with Crippen LogP contribution in [0.25, 0.3) is 0 Å². The van der Waals surface area contributed by atoms with Crippen molar-refractivity contribution in [3.05, 3.63) is 12.3 Å². The predicted octanol–water partition coefficient (Wildman–Crippen LogP) is 0.498. The fourth-order valence-corrected chi connectivity index (χ4v) is 1.38. The molecule has 0 fully saturated rings. The lowest BCUT2D eigenvalue weighted by Gasteiger charge is -2.19. The number of nitrogens with zero attached hydrogens (tertiary/aromatic N) is 2. The summed E-state index contributed by atoms with van der Waals surface area (Å²) >= 11 is 0. The third-order valence-electron chi connectivity index (χ3n) is 2.26. The molecular weight excluding hydrogens is 238 g/mol. The molecule has 0 spiro atoms. The van der Waals surface area contributed by atoms with Gasteiger partial charge in [-0.25, -0.2) is 0 Å². The Hall–Kier alpha value is -1.89. The van der Waals surface area contributed by atoms with Gasteiger partial charge in [0.1, 0.15) is 6.26 Å². The summed E-state index contributed by atoms with van der Waals surface area (Å²) in [5, 5.41) is 6.08. The summed E-state index contributed by atoms with van der Waals surface area (Å²) in [6.07, 6.45) is 2.05. The van der Waals surface area contributed by atoms with Crippen molar-refractivity contribution in [1.29, 1.82) is 0 Å². The number of amides is 2. The molecule has 1 rings (SSSR count). The van der Waals surface area contributed by atoms with Crippen LogP contribution in [0.15, 0.2) is 16.9 Å². The fraction of sp³-hybridized carbons (Fsp3) is 0.545. The molecule has 0 bridgehead atoms. The van der Waals surface area contributed by atoms with E-state index in [4.69, 9.17) is 4.74 Å². The van der Waals surface area contributed by atoms with Crippen LogP contribution in [0.5, 0.6) is 0 Å². The Bertz CT molecular complexity index is 378. The molecule has 0 saturated heterocycles. The zero-order valence-corrected chi connectivity index (χ0v) is 10.5. The first-order valence-electron chi connectivity index (χ1n) is 5.58. The van der Waals surface area contributed by atoms with E-state index in [0.29, 0.717) is 25.4 Å². The largest absolute Gasteiger partial charge is 0.385 e. The Kier molecular flexibility index (Phi) is 5.86. The van der Waals surface area contributed by atoms with E-state index in [9.17, 15) is 9.59 Å². The number of carbonyl (C=O) groups excluding carboxylic acids is 2. The number of methoxy groups -OCH3 is 1. The van der Waals surface area contributed by atoms with Gasteiger partial charge >= 0.3 is 0 Å². The Morgan fingerprint density at radius 1 is 1.56 bits per heavy atom. The van der Waals surface area contributed by atoms with E-state index < -0.39 is 0 Å². The number of hydrogen-bond donors (Lipinski definition) is 1. The smallest absolute Gasteiger partial charge is 0.245 e. The first-order chi connectivity index (χ1) is 8.63. The van der Waals surface area contributed by atoms with Gasteiger partial charge in [0, 0.05) is 33.3 Å². The van der Waals surface area contributed by atoms with Crippen molar-refractivity contribution in [3.63, 3.8) is 0 Å². The van der Waals surface area contributed by atoms with Gasteiger partial charge in [0.15, 0.2) is 5.82 Å². The summed E-state index contributed by atoms with van der Waals surface area (Å²) < 4.78 is 9.49. The Labute approximate surface area is 105 Å². The maximum Gasteiger partial charge on any atom is 0.245 e. The van der Waals surface area contributed by atoms with Gasteiger partial charge in [-0.05, 0) is 6.42 Å². The van der Waals surface area contributed by atoms with Crippen LogP contribution in [0.3, 0.4) is 0 Å². The first-order valence-corrected chi connectivity index (χ1v) is 5.58. The quantitative estimate of drug-likeness (QED) is 0.717. The van der Waals surface area contributed by atoms with Crippen LogP contribution in [-0.4, -0.2) is 48.7 Å². The van der Waals surface area contributed by atoms with Gasteiger partial charge in [0.05, 0.1) is 6.54 Å². The molecule has 1 aromatic heterocycles. The van der Waals surface area contributed by atoms with E-state index in [0.717, 1.165) is 0 Å². The van der Waals surface area contributed by atoms with Crippen molar-refractivity contribution in [1.82, 2.24) is 10.1 Å². The zero-order valence-electron chi connectivity index (χ0n) is 10.5. The van der Waals surface area contributed by atoms with Crippen molar-refractivity contribution in [2.45, 2.75) is 13.3 Å². The standard InChI is InChI=1S/C11H17N3O4/c1-9(15)14(5-3-6-17-2)8-11(16)12-10-4-7-18-13-10/h4,7H,3,5-6,8H2,1-2H3,(H,12,13,16). The zero-order chi connectivity index (χ0) is 13.4. The van der Waals surface area contributed by atoms with Crippen LogP contribution < -0.4 is 5.32 Å². The predicted molar refractivity (Wildman–Crippen MR) is 63.9 cm³/mol. The second-order valence-electron chi connectivity index (χ2n) is 3.72. The summed E-state index contributed by atoms with van der Waals surface area (Å²) in [7, 11) is 1.59. The fourth-order valence-electron chi connectivity index (χ4n) is 1.38. The minimum absolute atomic E-state index is 0.00803. The SMILES string of the molecule is COCCCN(CC(=O)Nc1ccon1)C(C)=O. The van der Waals surface area contributed by atoms with Crippen LogP contribution in [-0.2, 0) is 14.3 Å². The molecule has 18 heavy (non-hydrogen) atoms. The molecule has 0 saturated carbocycles. The van der Waals surface area contributed by atoms with Crippen LogP contribution in [0.2, 0.25) is 0 Å². The van der Waals surface area contributed by atoms with E-state index in [1.54, 1.807) is 7.11 Å². The van der Waals surface area contributed by atoms with Crippen molar-refractivity contribution in [2.24, 2.45) is 0 Å². The summed E-state index contributed by atoms with van der Waals surface area (Å²) in [6, 6.07) is 1.53. The molecule has 1 heterocycles. The topological polar surface area (TPSA) is 84.7 Å². The molecular formula is C11H17N3O4. The molecule has 1 N–H and O–H groups in total. The molecule has 0 aliphatic heterocycles. The number of hydrogen-bond acceptors (Lipinski definition) is 5. The molecule has 0 unspecified atom stereocenters. The molecule has 7 heteroatoms. The third kappa shape index (κ3) is 4.96. The summed E-state index contributed by atoms with van der Waals surface area (Å²) in [5.74, 6) is -0.127. The number of ether oxygens (including phenoxy) is 1. The minimum atomic E-state index is -0.309. The highest BCUT2D eigenvalue weighted by Gasteiger charge is 2.13. The van der Waals surface area contributed by atoms with E-state index in [2.05, 4.69) is 15.0 Å². The Morgan fingerprint density at radius 2 is 2.33 bits per heavy atom. The van der Waals surface area contributed by atoms with Gasteiger partial charge in [-0.1, -0.05) is 5.16 Å². The van der Waals surface area contributed by atoms with Crippen molar-refractivity contribution >= 4 is 17.6 Å². The molecule has 7 nitrogen and oxygen atoms in total. The molecule has 0 aliphatic rings. The maximum absolute atomic E-state index is 11.6. The highest BCUT2D eigenvalue weighted by Crippen LogP contribution is 2.01. The lowest BCUT2D eigenvalue weighted by atomic mass is 10.3. The van der Waals surface area contributed by atoms with Gasteiger partial charge in [0.2, 0.25) is 11.8 Å². The second kappa shape index (κ2) is 7.44. The monoisotopic (exact) mass is 255 g/mol. The second-order valence-corrected chi connectivity index (χ2v) is 3.72. The molecule has 0 radical (unpaired) electrons. The summed E-state index contributed by atoms with van der Waals surface area (Å²) in [6.45, 7) is 2.45. The van der Waals surface area contributed by atoms with Crippen LogP contribution >= 0.6 is 0 Å².